The Hall–Kier alpha value is -2.16. The molecule has 1 aromatic rings. The van der Waals surface area contributed by atoms with Gasteiger partial charge in [-0.15, -0.1) is 0 Å². The maximum atomic E-state index is 12.0. The van der Waals surface area contributed by atoms with Crippen molar-refractivity contribution in [1.29, 1.82) is 0 Å². The van der Waals surface area contributed by atoms with Gasteiger partial charge >= 0.3 is 0 Å². The van der Waals surface area contributed by atoms with Gasteiger partial charge in [0.05, 0.1) is 5.70 Å². The van der Waals surface area contributed by atoms with E-state index in [9.17, 15) is 9.59 Å². The van der Waals surface area contributed by atoms with Crippen LogP contribution in [0.1, 0.15) is 18.1 Å². The molecule has 0 amide bonds. The van der Waals surface area contributed by atoms with E-state index in [1.54, 1.807) is 6.92 Å². The highest BCUT2D eigenvalue weighted by Crippen LogP contribution is 2.24. The van der Waals surface area contributed by atoms with Crippen LogP contribution in [0.4, 0.5) is 0 Å². The molecule has 3 heteroatoms. The number of ketones is 2. The van der Waals surface area contributed by atoms with E-state index in [1.807, 2.05) is 17.0 Å². The molecular weight excluding hydrogens is 238 g/mol. The van der Waals surface area contributed by atoms with Crippen LogP contribution in [-0.2, 0) is 22.6 Å². The molecule has 2 aliphatic rings. The SMILES string of the molecule is CC1=CC(=O)C(N2CCc3ccccc3C2)=CC1=O. The van der Waals surface area contributed by atoms with Crippen molar-refractivity contribution in [1.82, 2.24) is 4.90 Å². The van der Waals surface area contributed by atoms with Gasteiger partial charge < -0.3 is 4.90 Å². The fraction of sp³-hybridized carbons (Fsp3) is 0.250. The number of hydrogen-bond donors (Lipinski definition) is 0. The average molecular weight is 253 g/mol. The predicted octanol–water partition coefficient (Wildman–Crippen LogP) is 2.03. The van der Waals surface area contributed by atoms with Crippen LogP contribution < -0.4 is 0 Å². The maximum Gasteiger partial charge on any atom is 0.202 e. The van der Waals surface area contributed by atoms with Gasteiger partial charge in [0, 0.05) is 24.7 Å². The standard InChI is InChI=1S/C16H15NO2/c1-11-8-16(19)14(9-15(11)18)17-7-6-12-4-2-3-5-13(12)10-17/h2-5,8-9H,6-7,10H2,1H3. The van der Waals surface area contributed by atoms with Crippen LogP contribution in [0, 0.1) is 0 Å². The first-order chi connectivity index (χ1) is 9.15. The Kier molecular flexibility index (Phi) is 2.82. The fourth-order valence-corrected chi connectivity index (χ4v) is 2.60. The van der Waals surface area contributed by atoms with E-state index in [-0.39, 0.29) is 11.6 Å². The zero-order chi connectivity index (χ0) is 13.4. The molecule has 0 spiro atoms. The molecule has 0 bridgehead atoms. The number of nitrogens with zero attached hydrogens (tertiary/aromatic N) is 1. The molecule has 0 aromatic heterocycles. The molecule has 1 aromatic carbocycles. The minimum absolute atomic E-state index is 0.0588. The quantitative estimate of drug-likeness (QED) is 0.719. The second-order valence-electron chi connectivity index (χ2n) is 5.03. The molecule has 1 aliphatic heterocycles. The van der Waals surface area contributed by atoms with Crippen molar-refractivity contribution in [2.45, 2.75) is 19.9 Å². The number of hydrogen-bond acceptors (Lipinski definition) is 3. The lowest BCUT2D eigenvalue weighted by Crippen LogP contribution is -2.34. The van der Waals surface area contributed by atoms with Crippen molar-refractivity contribution in [3.05, 3.63) is 58.8 Å². The van der Waals surface area contributed by atoms with Crippen LogP contribution in [-0.4, -0.2) is 23.0 Å². The Morgan fingerprint density at radius 1 is 1.00 bits per heavy atom. The maximum absolute atomic E-state index is 12.0. The molecule has 1 aliphatic carbocycles. The summed E-state index contributed by atoms with van der Waals surface area (Å²) < 4.78 is 0. The summed E-state index contributed by atoms with van der Waals surface area (Å²) in [5, 5.41) is 0. The second kappa shape index (κ2) is 4.50. The van der Waals surface area contributed by atoms with Crippen LogP contribution in [0.3, 0.4) is 0 Å². The zero-order valence-corrected chi connectivity index (χ0v) is 10.8. The van der Waals surface area contributed by atoms with Gasteiger partial charge in [-0.25, -0.2) is 0 Å². The highest BCUT2D eigenvalue weighted by atomic mass is 16.1. The van der Waals surface area contributed by atoms with Gasteiger partial charge in [-0.05, 0) is 30.5 Å². The van der Waals surface area contributed by atoms with Gasteiger partial charge in [0.1, 0.15) is 0 Å². The lowest BCUT2D eigenvalue weighted by molar-refractivity contribution is -0.116. The van der Waals surface area contributed by atoms with E-state index < -0.39 is 0 Å². The summed E-state index contributed by atoms with van der Waals surface area (Å²) in [6, 6.07) is 8.25. The minimum atomic E-state index is -0.0616. The lowest BCUT2D eigenvalue weighted by atomic mass is 9.96. The number of rotatable bonds is 1. The highest BCUT2D eigenvalue weighted by Gasteiger charge is 2.25. The molecule has 96 valence electrons. The van der Waals surface area contributed by atoms with Crippen molar-refractivity contribution in [3.63, 3.8) is 0 Å². The molecule has 1 heterocycles. The molecule has 0 saturated carbocycles. The normalized spacial score (nSPS) is 18.9. The number of carbonyl (C=O) groups is 2. The van der Waals surface area contributed by atoms with Crippen molar-refractivity contribution >= 4 is 11.6 Å². The Morgan fingerprint density at radius 2 is 1.74 bits per heavy atom. The van der Waals surface area contributed by atoms with Crippen LogP contribution >= 0.6 is 0 Å². The number of fused-ring (bicyclic) bond motifs is 1. The zero-order valence-electron chi connectivity index (χ0n) is 10.8. The Balaban J connectivity index is 1.88. The predicted molar refractivity (Wildman–Crippen MR) is 72.4 cm³/mol. The molecule has 19 heavy (non-hydrogen) atoms. The number of carbonyl (C=O) groups excluding carboxylic acids is 2. The third-order valence-corrected chi connectivity index (χ3v) is 3.73. The van der Waals surface area contributed by atoms with Crippen molar-refractivity contribution in [2.24, 2.45) is 0 Å². The Morgan fingerprint density at radius 3 is 2.53 bits per heavy atom. The molecule has 0 atom stereocenters. The van der Waals surface area contributed by atoms with E-state index >= 15 is 0 Å². The first kappa shape index (κ1) is 11.9. The van der Waals surface area contributed by atoms with E-state index in [0.29, 0.717) is 17.8 Å². The van der Waals surface area contributed by atoms with Crippen molar-refractivity contribution < 1.29 is 9.59 Å². The largest absolute Gasteiger partial charge is 0.364 e. The van der Waals surface area contributed by atoms with E-state index in [2.05, 4.69) is 12.1 Å². The molecule has 0 fully saturated rings. The fourth-order valence-electron chi connectivity index (χ4n) is 2.60. The van der Waals surface area contributed by atoms with Crippen LogP contribution in [0.15, 0.2) is 47.7 Å². The molecule has 3 rings (SSSR count). The van der Waals surface area contributed by atoms with Gasteiger partial charge in [-0.3, -0.25) is 9.59 Å². The van der Waals surface area contributed by atoms with Gasteiger partial charge in [-0.2, -0.15) is 0 Å². The molecule has 0 N–H and O–H groups in total. The van der Waals surface area contributed by atoms with Crippen LogP contribution in [0.2, 0.25) is 0 Å². The second-order valence-corrected chi connectivity index (χ2v) is 5.03. The Bertz CT molecular complexity index is 625. The highest BCUT2D eigenvalue weighted by molar-refractivity contribution is 6.19. The monoisotopic (exact) mass is 253 g/mol. The first-order valence-corrected chi connectivity index (χ1v) is 6.45. The summed E-state index contributed by atoms with van der Waals surface area (Å²) in [7, 11) is 0. The summed E-state index contributed by atoms with van der Waals surface area (Å²) >= 11 is 0. The van der Waals surface area contributed by atoms with E-state index in [4.69, 9.17) is 0 Å². The topological polar surface area (TPSA) is 37.4 Å². The van der Waals surface area contributed by atoms with Gasteiger partial charge in [0.2, 0.25) is 5.78 Å². The molecule has 0 radical (unpaired) electrons. The first-order valence-electron chi connectivity index (χ1n) is 6.45. The molecular formula is C16H15NO2. The van der Waals surface area contributed by atoms with Gasteiger partial charge in [-0.1, -0.05) is 24.3 Å². The molecule has 0 saturated heterocycles. The number of allylic oxidation sites excluding steroid dienone is 3. The van der Waals surface area contributed by atoms with Crippen LogP contribution in [0.25, 0.3) is 0 Å². The number of benzene rings is 1. The Labute approximate surface area is 112 Å². The van der Waals surface area contributed by atoms with Crippen molar-refractivity contribution in [2.75, 3.05) is 6.54 Å². The lowest BCUT2D eigenvalue weighted by Gasteiger charge is -2.32. The third-order valence-electron chi connectivity index (χ3n) is 3.73. The summed E-state index contributed by atoms with van der Waals surface area (Å²) in [5.74, 6) is -0.120. The smallest absolute Gasteiger partial charge is 0.202 e. The van der Waals surface area contributed by atoms with Crippen molar-refractivity contribution in [3.8, 4) is 0 Å². The van der Waals surface area contributed by atoms with Gasteiger partial charge in [0.15, 0.2) is 5.78 Å². The molecule has 0 unspecified atom stereocenters. The minimum Gasteiger partial charge on any atom is -0.364 e. The van der Waals surface area contributed by atoms with Gasteiger partial charge in [0.25, 0.3) is 0 Å². The van der Waals surface area contributed by atoms with Crippen LogP contribution in [0.5, 0.6) is 0 Å². The average Bonchev–Trinajstić information content (AvgIpc) is 2.42. The van der Waals surface area contributed by atoms with E-state index in [1.165, 1.54) is 23.3 Å². The summed E-state index contributed by atoms with van der Waals surface area (Å²) in [5.41, 5.74) is 3.62. The van der Waals surface area contributed by atoms with E-state index in [0.717, 1.165) is 13.0 Å². The summed E-state index contributed by atoms with van der Waals surface area (Å²) in [6.07, 6.45) is 3.83. The third kappa shape index (κ3) is 2.12. The molecule has 3 nitrogen and oxygen atoms in total. The summed E-state index contributed by atoms with van der Waals surface area (Å²) in [6.45, 7) is 3.17. The summed E-state index contributed by atoms with van der Waals surface area (Å²) in [4.78, 5) is 25.7.